The molecule has 4 nitrogen and oxygen atoms in total. The van der Waals surface area contributed by atoms with Gasteiger partial charge in [0, 0.05) is 18.5 Å². The fraction of sp³-hybridized carbons (Fsp3) is 0.857. The number of hydrogen-bond donors (Lipinski definition) is 0. The molecule has 0 aromatic rings. The second kappa shape index (κ2) is 7.39. The normalized spacial score (nSPS) is 11.5. The minimum atomic E-state index is -0.413. The summed E-state index contributed by atoms with van der Waals surface area (Å²) >= 11 is 0. The van der Waals surface area contributed by atoms with Gasteiger partial charge in [-0.3, -0.25) is 9.59 Å². The number of carbonyl (C=O) groups excluding carboxylic acids is 2. The van der Waals surface area contributed by atoms with E-state index in [1.165, 1.54) is 0 Å². The van der Waals surface area contributed by atoms with Gasteiger partial charge in [0.15, 0.2) is 0 Å². The lowest BCUT2D eigenvalue weighted by molar-refractivity contribution is -0.145. The molecule has 0 atom stereocenters. The standard InChI is InChI=1S/C14H27NO3/c1-7-18-12(16)8-9-15(10-11(2)3)13(17)14(4,5)6/h11H,7-10H2,1-6H3. The Bertz CT molecular complexity index is 279. The second-order valence-corrected chi connectivity index (χ2v) is 5.95. The summed E-state index contributed by atoms with van der Waals surface area (Å²) in [5.41, 5.74) is -0.413. The fourth-order valence-corrected chi connectivity index (χ4v) is 1.65. The Hall–Kier alpha value is -1.06. The first-order valence-corrected chi connectivity index (χ1v) is 6.63. The quantitative estimate of drug-likeness (QED) is 0.687. The van der Waals surface area contributed by atoms with Crippen molar-refractivity contribution >= 4 is 11.9 Å². The molecule has 0 aromatic carbocycles. The number of carbonyl (C=O) groups is 2. The van der Waals surface area contributed by atoms with Crippen LogP contribution in [-0.2, 0) is 14.3 Å². The van der Waals surface area contributed by atoms with E-state index >= 15 is 0 Å². The molecule has 0 heterocycles. The van der Waals surface area contributed by atoms with E-state index in [0.29, 0.717) is 25.6 Å². The molecule has 0 aliphatic rings. The maximum Gasteiger partial charge on any atom is 0.307 e. The van der Waals surface area contributed by atoms with Crippen molar-refractivity contribution < 1.29 is 14.3 Å². The molecule has 0 saturated heterocycles. The molecule has 0 aliphatic carbocycles. The Labute approximate surface area is 111 Å². The summed E-state index contributed by atoms with van der Waals surface area (Å²) in [5.74, 6) is 0.229. The molecule has 0 unspecified atom stereocenters. The average Bonchev–Trinajstić information content (AvgIpc) is 2.21. The van der Waals surface area contributed by atoms with E-state index in [2.05, 4.69) is 13.8 Å². The highest BCUT2D eigenvalue weighted by atomic mass is 16.5. The van der Waals surface area contributed by atoms with E-state index in [1.54, 1.807) is 11.8 Å². The maximum absolute atomic E-state index is 12.2. The van der Waals surface area contributed by atoms with Crippen molar-refractivity contribution in [3.8, 4) is 0 Å². The van der Waals surface area contributed by atoms with Gasteiger partial charge in [-0.05, 0) is 12.8 Å². The van der Waals surface area contributed by atoms with Gasteiger partial charge in [-0.2, -0.15) is 0 Å². The van der Waals surface area contributed by atoms with E-state index in [-0.39, 0.29) is 18.3 Å². The van der Waals surface area contributed by atoms with Gasteiger partial charge in [-0.1, -0.05) is 34.6 Å². The van der Waals surface area contributed by atoms with Gasteiger partial charge >= 0.3 is 5.97 Å². The Kier molecular flexibility index (Phi) is 6.96. The van der Waals surface area contributed by atoms with Crippen molar-refractivity contribution in [3.05, 3.63) is 0 Å². The molecule has 0 aromatic heterocycles. The largest absolute Gasteiger partial charge is 0.466 e. The smallest absolute Gasteiger partial charge is 0.307 e. The Balaban J connectivity index is 4.50. The third kappa shape index (κ3) is 6.62. The van der Waals surface area contributed by atoms with Crippen LogP contribution in [0.4, 0.5) is 0 Å². The van der Waals surface area contributed by atoms with Gasteiger partial charge < -0.3 is 9.64 Å². The monoisotopic (exact) mass is 257 g/mol. The van der Waals surface area contributed by atoms with E-state index in [9.17, 15) is 9.59 Å². The zero-order valence-electron chi connectivity index (χ0n) is 12.6. The Morgan fingerprint density at radius 1 is 1.22 bits per heavy atom. The van der Waals surface area contributed by atoms with E-state index in [1.807, 2.05) is 20.8 Å². The highest BCUT2D eigenvalue weighted by molar-refractivity contribution is 5.82. The van der Waals surface area contributed by atoms with Gasteiger partial charge in [0.05, 0.1) is 13.0 Å². The topological polar surface area (TPSA) is 46.6 Å². The predicted molar refractivity (Wildman–Crippen MR) is 72.1 cm³/mol. The van der Waals surface area contributed by atoms with Crippen molar-refractivity contribution in [1.29, 1.82) is 0 Å². The first kappa shape index (κ1) is 16.9. The Morgan fingerprint density at radius 3 is 2.17 bits per heavy atom. The molecule has 0 bridgehead atoms. The molecule has 4 heteroatoms. The van der Waals surface area contributed by atoms with Crippen molar-refractivity contribution in [2.24, 2.45) is 11.3 Å². The predicted octanol–water partition coefficient (Wildman–Crippen LogP) is 2.47. The highest BCUT2D eigenvalue weighted by Gasteiger charge is 2.27. The summed E-state index contributed by atoms with van der Waals surface area (Å²) in [6.07, 6.45) is 0.266. The lowest BCUT2D eigenvalue weighted by atomic mass is 9.94. The van der Waals surface area contributed by atoms with Crippen LogP contribution in [0.1, 0.15) is 48.0 Å². The SMILES string of the molecule is CCOC(=O)CCN(CC(C)C)C(=O)C(C)(C)C. The number of rotatable bonds is 6. The second-order valence-electron chi connectivity index (χ2n) is 5.95. The van der Waals surface area contributed by atoms with E-state index in [0.717, 1.165) is 0 Å². The third-order valence-corrected chi connectivity index (χ3v) is 2.41. The number of hydrogen-bond acceptors (Lipinski definition) is 3. The molecule has 106 valence electrons. The molecule has 0 radical (unpaired) electrons. The molecule has 1 amide bonds. The van der Waals surface area contributed by atoms with Crippen molar-refractivity contribution in [3.63, 3.8) is 0 Å². The van der Waals surface area contributed by atoms with Crippen LogP contribution in [-0.4, -0.2) is 36.5 Å². The third-order valence-electron chi connectivity index (χ3n) is 2.41. The minimum absolute atomic E-state index is 0.0838. The van der Waals surface area contributed by atoms with Crippen LogP contribution in [0.5, 0.6) is 0 Å². The van der Waals surface area contributed by atoms with Crippen LogP contribution < -0.4 is 0 Å². The summed E-state index contributed by atoms with van der Waals surface area (Å²) in [4.78, 5) is 25.4. The van der Waals surface area contributed by atoms with Crippen molar-refractivity contribution in [2.45, 2.75) is 48.0 Å². The van der Waals surface area contributed by atoms with Gasteiger partial charge in [-0.25, -0.2) is 0 Å². The summed E-state index contributed by atoms with van der Waals surface area (Å²) in [5, 5.41) is 0. The summed E-state index contributed by atoms with van der Waals surface area (Å²) in [6, 6.07) is 0. The van der Waals surface area contributed by atoms with Gasteiger partial charge in [0.2, 0.25) is 5.91 Å². The summed E-state index contributed by atoms with van der Waals surface area (Å²) < 4.78 is 4.89. The van der Waals surface area contributed by atoms with Crippen LogP contribution in [0.15, 0.2) is 0 Å². The number of esters is 1. The van der Waals surface area contributed by atoms with Crippen LogP contribution in [0.25, 0.3) is 0 Å². The molecule has 0 fully saturated rings. The molecule has 0 spiro atoms. The summed E-state index contributed by atoms with van der Waals surface area (Å²) in [6.45, 7) is 13.1. The molecule has 18 heavy (non-hydrogen) atoms. The first-order chi connectivity index (χ1) is 8.18. The molecule has 0 rings (SSSR count). The van der Waals surface area contributed by atoms with E-state index < -0.39 is 5.41 Å². The van der Waals surface area contributed by atoms with Gasteiger partial charge in [0.25, 0.3) is 0 Å². The van der Waals surface area contributed by atoms with Crippen molar-refractivity contribution in [2.75, 3.05) is 19.7 Å². The van der Waals surface area contributed by atoms with E-state index in [4.69, 9.17) is 4.74 Å². The molecular weight excluding hydrogens is 230 g/mol. The maximum atomic E-state index is 12.2. The lowest BCUT2D eigenvalue weighted by Crippen LogP contribution is -2.42. The molecular formula is C14H27NO3. The molecule has 0 aliphatic heterocycles. The zero-order valence-corrected chi connectivity index (χ0v) is 12.6. The van der Waals surface area contributed by atoms with Crippen molar-refractivity contribution in [1.82, 2.24) is 4.90 Å². The van der Waals surface area contributed by atoms with Gasteiger partial charge in [0.1, 0.15) is 0 Å². The molecule has 0 saturated carbocycles. The lowest BCUT2D eigenvalue weighted by Gasteiger charge is -2.30. The van der Waals surface area contributed by atoms with Crippen LogP contribution >= 0.6 is 0 Å². The Morgan fingerprint density at radius 2 is 1.78 bits per heavy atom. The summed E-state index contributed by atoms with van der Waals surface area (Å²) in [7, 11) is 0. The van der Waals surface area contributed by atoms with Crippen LogP contribution in [0.2, 0.25) is 0 Å². The highest BCUT2D eigenvalue weighted by Crippen LogP contribution is 2.18. The fourth-order valence-electron chi connectivity index (χ4n) is 1.65. The number of ether oxygens (including phenoxy) is 1. The van der Waals surface area contributed by atoms with Crippen LogP contribution in [0.3, 0.4) is 0 Å². The minimum Gasteiger partial charge on any atom is -0.466 e. The van der Waals surface area contributed by atoms with Gasteiger partial charge in [-0.15, -0.1) is 0 Å². The zero-order chi connectivity index (χ0) is 14.3. The average molecular weight is 257 g/mol. The number of amides is 1. The molecule has 0 N–H and O–H groups in total. The van der Waals surface area contributed by atoms with Crippen LogP contribution in [0, 0.1) is 11.3 Å². The number of nitrogens with zero attached hydrogens (tertiary/aromatic N) is 1. The first-order valence-electron chi connectivity index (χ1n) is 6.63.